The SMILES string of the molecule is CC(C)CCN(CCC(C)(C#N)NC1CC1)C1CC1. The predicted molar refractivity (Wildman–Crippen MR) is 78.8 cm³/mol. The van der Waals surface area contributed by atoms with Gasteiger partial charge >= 0.3 is 0 Å². The Morgan fingerprint density at radius 3 is 2.42 bits per heavy atom. The average Bonchev–Trinajstić information content (AvgIpc) is 3.22. The van der Waals surface area contributed by atoms with E-state index in [1.807, 2.05) is 0 Å². The van der Waals surface area contributed by atoms with Gasteiger partial charge in [0.25, 0.3) is 0 Å². The normalized spacial score (nSPS) is 22.5. The maximum absolute atomic E-state index is 9.42. The van der Waals surface area contributed by atoms with Crippen LogP contribution in [0.5, 0.6) is 0 Å². The maximum Gasteiger partial charge on any atom is 0.105 e. The van der Waals surface area contributed by atoms with E-state index in [1.54, 1.807) is 0 Å². The van der Waals surface area contributed by atoms with E-state index in [4.69, 9.17) is 0 Å². The molecule has 0 amide bonds. The Labute approximate surface area is 118 Å². The molecule has 0 aromatic carbocycles. The first kappa shape index (κ1) is 14.8. The van der Waals surface area contributed by atoms with Gasteiger partial charge in [-0.2, -0.15) is 5.26 Å². The summed E-state index contributed by atoms with van der Waals surface area (Å²) in [5, 5.41) is 12.9. The number of nitriles is 1. The Kier molecular flexibility index (Phi) is 4.86. The van der Waals surface area contributed by atoms with E-state index in [9.17, 15) is 5.26 Å². The van der Waals surface area contributed by atoms with Gasteiger partial charge in [0.2, 0.25) is 0 Å². The van der Waals surface area contributed by atoms with Crippen molar-refractivity contribution in [1.82, 2.24) is 10.2 Å². The third-order valence-electron chi connectivity index (χ3n) is 4.30. The summed E-state index contributed by atoms with van der Waals surface area (Å²) in [5.41, 5.74) is -0.327. The van der Waals surface area contributed by atoms with Gasteiger partial charge in [0, 0.05) is 18.6 Å². The van der Waals surface area contributed by atoms with Crippen LogP contribution in [0.4, 0.5) is 0 Å². The third-order valence-corrected chi connectivity index (χ3v) is 4.30. The molecule has 2 saturated carbocycles. The van der Waals surface area contributed by atoms with Gasteiger partial charge in [0.1, 0.15) is 5.54 Å². The van der Waals surface area contributed by atoms with E-state index < -0.39 is 0 Å². The predicted octanol–water partition coefficient (Wildman–Crippen LogP) is 2.92. The molecule has 108 valence electrons. The van der Waals surface area contributed by atoms with Gasteiger partial charge in [-0.05, 0) is 57.9 Å². The Hall–Kier alpha value is -0.590. The summed E-state index contributed by atoms with van der Waals surface area (Å²) < 4.78 is 0. The van der Waals surface area contributed by atoms with Crippen LogP contribution >= 0.6 is 0 Å². The van der Waals surface area contributed by atoms with E-state index in [0.717, 1.165) is 24.9 Å². The lowest BCUT2D eigenvalue weighted by atomic mass is 9.99. The molecule has 3 heteroatoms. The van der Waals surface area contributed by atoms with Gasteiger partial charge in [0.05, 0.1) is 6.07 Å². The molecule has 2 fully saturated rings. The first-order valence-electron chi connectivity index (χ1n) is 7.95. The van der Waals surface area contributed by atoms with Crippen LogP contribution in [0, 0.1) is 17.2 Å². The van der Waals surface area contributed by atoms with Crippen LogP contribution in [0.1, 0.15) is 59.3 Å². The van der Waals surface area contributed by atoms with E-state index in [1.165, 1.54) is 38.6 Å². The van der Waals surface area contributed by atoms with Crippen molar-refractivity contribution in [2.75, 3.05) is 13.1 Å². The molecule has 3 nitrogen and oxygen atoms in total. The summed E-state index contributed by atoms with van der Waals surface area (Å²) in [6.07, 6.45) is 7.44. The Morgan fingerprint density at radius 2 is 1.95 bits per heavy atom. The van der Waals surface area contributed by atoms with Crippen molar-refractivity contribution in [2.45, 2.75) is 76.9 Å². The van der Waals surface area contributed by atoms with Crippen molar-refractivity contribution in [3.05, 3.63) is 0 Å². The molecule has 0 aliphatic heterocycles. The molecule has 0 radical (unpaired) electrons. The molecular weight excluding hydrogens is 234 g/mol. The van der Waals surface area contributed by atoms with Crippen LogP contribution in [0.25, 0.3) is 0 Å². The summed E-state index contributed by atoms with van der Waals surface area (Å²) in [6, 6.07) is 3.91. The fourth-order valence-electron chi connectivity index (χ4n) is 2.55. The monoisotopic (exact) mass is 263 g/mol. The van der Waals surface area contributed by atoms with E-state index in [-0.39, 0.29) is 5.54 Å². The highest BCUT2D eigenvalue weighted by atomic mass is 15.2. The number of nitrogens with one attached hydrogen (secondary N) is 1. The largest absolute Gasteiger partial charge is 0.300 e. The minimum atomic E-state index is -0.327. The second kappa shape index (κ2) is 6.24. The van der Waals surface area contributed by atoms with Crippen molar-refractivity contribution in [3.63, 3.8) is 0 Å². The minimum absolute atomic E-state index is 0.327. The topological polar surface area (TPSA) is 39.1 Å². The van der Waals surface area contributed by atoms with Gasteiger partial charge in [-0.25, -0.2) is 0 Å². The third kappa shape index (κ3) is 5.12. The summed E-state index contributed by atoms with van der Waals surface area (Å²) in [4.78, 5) is 2.62. The second-order valence-electron chi connectivity index (χ2n) is 7.06. The zero-order chi connectivity index (χ0) is 13.9. The molecule has 2 aliphatic rings. The molecule has 0 aromatic rings. The van der Waals surface area contributed by atoms with Crippen LogP contribution in [-0.4, -0.2) is 35.6 Å². The van der Waals surface area contributed by atoms with Gasteiger partial charge in [-0.1, -0.05) is 13.8 Å². The smallest absolute Gasteiger partial charge is 0.105 e. The Bertz CT molecular complexity index is 325. The van der Waals surface area contributed by atoms with Crippen LogP contribution in [0.3, 0.4) is 0 Å². The molecule has 2 aliphatic carbocycles. The summed E-state index contributed by atoms with van der Waals surface area (Å²) >= 11 is 0. The molecule has 0 heterocycles. The lowest BCUT2D eigenvalue weighted by Gasteiger charge is -2.29. The zero-order valence-electron chi connectivity index (χ0n) is 12.8. The molecule has 1 unspecified atom stereocenters. The molecular formula is C16H29N3. The quantitative estimate of drug-likeness (QED) is 0.695. The highest BCUT2D eigenvalue weighted by molar-refractivity contribution is 5.07. The van der Waals surface area contributed by atoms with Crippen molar-refractivity contribution in [2.24, 2.45) is 5.92 Å². The standard InChI is InChI=1S/C16H29N3/c1-13(2)8-10-19(15-6-7-15)11-9-16(3,12-17)18-14-4-5-14/h13-15,18H,4-11H2,1-3H3. The average molecular weight is 263 g/mol. The number of rotatable bonds is 9. The van der Waals surface area contributed by atoms with Crippen LogP contribution in [0.2, 0.25) is 0 Å². The number of nitrogens with zero attached hydrogens (tertiary/aromatic N) is 2. The van der Waals surface area contributed by atoms with Gasteiger partial charge in [0.15, 0.2) is 0 Å². The fourth-order valence-corrected chi connectivity index (χ4v) is 2.55. The summed E-state index contributed by atoms with van der Waals surface area (Å²) in [5.74, 6) is 0.771. The molecule has 0 bridgehead atoms. The first-order chi connectivity index (χ1) is 9.02. The van der Waals surface area contributed by atoms with Crippen molar-refractivity contribution in [1.29, 1.82) is 5.26 Å². The minimum Gasteiger partial charge on any atom is -0.300 e. The second-order valence-corrected chi connectivity index (χ2v) is 7.06. The molecule has 0 spiro atoms. The maximum atomic E-state index is 9.42. The lowest BCUT2D eigenvalue weighted by molar-refractivity contribution is 0.223. The molecule has 0 aromatic heterocycles. The van der Waals surface area contributed by atoms with Crippen molar-refractivity contribution < 1.29 is 0 Å². The lowest BCUT2D eigenvalue weighted by Crippen LogP contribution is -2.45. The van der Waals surface area contributed by atoms with Crippen LogP contribution in [-0.2, 0) is 0 Å². The molecule has 19 heavy (non-hydrogen) atoms. The highest BCUT2D eigenvalue weighted by Crippen LogP contribution is 2.29. The molecule has 1 N–H and O–H groups in total. The van der Waals surface area contributed by atoms with E-state index >= 15 is 0 Å². The Morgan fingerprint density at radius 1 is 1.26 bits per heavy atom. The zero-order valence-corrected chi connectivity index (χ0v) is 12.8. The Balaban J connectivity index is 1.77. The van der Waals surface area contributed by atoms with Gasteiger partial charge < -0.3 is 4.90 Å². The summed E-state index contributed by atoms with van der Waals surface area (Å²) in [6.45, 7) is 8.92. The van der Waals surface area contributed by atoms with Crippen molar-refractivity contribution in [3.8, 4) is 6.07 Å². The van der Waals surface area contributed by atoms with Gasteiger partial charge in [-0.15, -0.1) is 0 Å². The molecule has 0 saturated heterocycles. The molecule has 2 rings (SSSR count). The van der Waals surface area contributed by atoms with Crippen molar-refractivity contribution >= 4 is 0 Å². The first-order valence-corrected chi connectivity index (χ1v) is 7.95. The van der Waals surface area contributed by atoms with Crippen LogP contribution < -0.4 is 5.32 Å². The van der Waals surface area contributed by atoms with E-state index in [0.29, 0.717) is 6.04 Å². The number of hydrogen-bond donors (Lipinski definition) is 1. The number of hydrogen-bond acceptors (Lipinski definition) is 3. The highest BCUT2D eigenvalue weighted by Gasteiger charge is 2.34. The van der Waals surface area contributed by atoms with Gasteiger partial charge in [-0.3, -0.25) is 5.32 Å². The fraction of sp³-hybridized carbons (Fsp3) is 0.938. The molecule has 1 atom stereocenters. The summed E-state index contributed by atoms with van der Waals surface area (Å²) in [7, 11) is 0. The van der Waals surface area contributed by atoms with Crippen LogP contribution in [0.15, 0.2) is 0 Å². The van der Waals surface area contributed by atoms with E-state index in [2.05, 4.69) is 37.1 Å².